The van der Waals surface area contributed by atoms with Crippen molar-refractivity contribution in [1.82, 2.24) is 4.72 Å². The molecular weight excluding hydrogens is 198 g/mol. The molecule has 1 aromatic rings. The number of fused-ring (bicyclic) bond motifs is 1. The first-order chi connectivity index (χ1) is 6.68. The van der Waals surface area contributed by atoms with Crippen LogP contribution in [0.1, 0.15) is 29.2 Å². The summed E-state index contributed by atoms with van der Waals surface area (Å²) in [6.07, 6.45) is 1.85. The van der Waals surface area contributed by atoms with Crippen molar-refractivity contribution in [1.29, 1.82) is 0 Å². The molecule has 0 amide bonds. The third kappa shape index (κ3) is 1.67. The summed E-state index contributed by atoms with van der Waals surface area (Å²) in [5.41, 5.74) is 3.63. The van der Waals surface area contributed by atoms with E-state index in [9.17, 15) is 8.42 Å². The lowest BCUT2D eigenvalue weighted by Crippen LogP contribution is -2.17. The first-order valence-electron chi connectivity index (χ1n) is 4.67. The van der Waals surface area contributed by atoms with Gasteiger partial charge in [-0.25, -0.2) is 13.1 Å². The second-order valence-corrected chi connectivity index (χ2v) is 4.40. The molecule has 1 N–H and O–H groups in total. The predicted molar refractivity (Wildman–Crippen MR) is 55.7 cm³/mol. The number of rotatable bonds is 2. The fourth-order valence-electron chi connectivity index (χ4n) is 2.16. The van der Waals surface area contributed by atoms with E-state index in [1.54, 1.807) is 0 Å². The summed E-state index contributed by atoms with van der Waals surface area (Å²) in [5.74, 6) is 0. The van der Waals surface area contributed by atoms with Gasteiger partial charge < -0.3 is 0 Å². The van der Waals surface area contributed by atoms with Gasteiger partial charge in [0.25, 0.3) is 0 Å². The Bertz CT molecular complexity index is 418. The monoisotopic (exact) mass is 211 g/mol. The lowest BCUT2D eigenvalue weighted by Gasteiger charge is -2.11. The summed E-state index contributed by atoms with van der Waals surface area (Å²) < 4.78 is 23.8. The van der Waals surface area contributed by atoms with Gasteiger partial charge in [0.15, 0.2) is 0 Å². The maximum Gasteiger partial charge on any atom is 0.201 e. The largest absolute Gasteiger partial charge is 0.215 e. The Kier molecular flexibility index (Phi) is 2.56. The molecule has 76 valence electrons. The maximum absolute atomic E-state index is 10.6. The van der Waals surface area contributed by atoms with Gasteiger partial charge in [-0.3, -0.25) is 0 Å². The third-order valence-corrected chi connectivity index (χ3v) is 3.25. The van der Waals surface area contributed by atoms with Crippen LogP contribution in [0.5, 0.6) is 0 Å². The molecule has 4 heteroatoms. The van der Waals surface area contributed by atoms with Gasteiger partial charge in [0.05, 0.1) is 0 Å². The molecule has 0 radical (unpaired) electrons. The Labute approximate surface area is 85.2 Å². The van der Waals surface area contributed by atoms with Crippen molar-refractivity contribution in [3.8, 4) is 0 Å². The van der Waals surface area contributed by atoms with Crippen LogP contribution < -0.4 is 4.72 Å². The molecule has 0 bridgehead atoms. The zero-order valence-corrected chi connectivity index (χ0v) is 8.88. The molecule has 3 nitrogen and oxygen atoms in total. The Balaban J connectivity index is 2.37. The van der Waals surface area contributed by atoms with E-state index in [2.05, 4.69) is 10.8 Å². The Morgan fingerprint density at radius 3 is 2.93 bits per heavy atom. The summed E-state index contributed by atoms with van der Waals surface area (Å²) >= 11 is 0. The van der Waals surface area contributed by atoms with Gasteiger partial charge >= 0.3 is 0 Å². The number of nitrogens with one attached hydrogen (secondary N) is 1. The summed E-state index contributed by atoms with van der Waals surface area (Å²) in [4.78, 5) is 0. The molecule has 1 aliphatic carbocycles. The molecular formula is C10H13NO2S. The fourth-order valence-corrected chi connectivity index (χ4v) is 2.67. The lowest BCUT2D eigenvalue weighted by atomic mass is 10.0. The molecule has 2 rings (SSSR count). The van der Waals surface area contributed by atoms with Crippen LogP contribution in [0.15, 0.2) is 18.2 Å². The fraction of sp³-hybridized carbons (Fsp3) is 0.400. The molecule has 1 aromatic carbocycles. The van der Waals surface area contributed by atoms with Crippen LogP contribution in [-0.4, -0.2) is 8.42 Å². The highest BCUT2D eigenvalue weighted by molar-refractivity contribution is 7.70. The van der Waals surface area contributed by atoms with Crippen molar-refractivity contribution >= 4 is 10.9 Å². The average molecular weight is 211 g/mol. The number of thiol groups is 1. The van der Waals surface area contributed by atoms with E-state index in [-0.39, 0.29) is 6.04 Å². The SMILES string of the molecule is Cc1cccc2c1C(N[SH](=O)=O)CC2. The standard InChI is InChI=1S/C10H13NO2S/c1-7-3-2-4-8-5-6-9(10(7)8)11-14(12)13/h2-4,9,14H,5-6H2,1H3,(H,11,12,13). The third-order valence-electron chi connectivity index (χ3n) is 2.73. The minimum atomic E-state index is -2.50. The van der Waals surface area contributed by atoms with Gasteiger partial charge in [0.1, 0.15) is 0 Å². The van der Waals surface area contributed by atoms with Gasteiger partial charge in [0.2, 0.25) is 10.9 Å². The predicted octanol–water partition coefficient (Wildman–Crippen LogP) is 1.10. The smallest absolute Gasteiger partial charge is 0.201 e. The first kappa shape index (κ1) is 9.68. The van der Waals surface area contributed by atoms with Crippen molar-refractivity contribution in [3.63, 3.8) is 0 Å². The van der Waals surface area contributed by atoms with E-state index < -0.39 is 10.9 Å². The van der Waals surface area contributed by atoms with E-state index in [1.165, 1.54) is 16.7 Å². The summed E-state index contributed by atoms with van der Waals surface area (Å²) in [6, 6.07) is 6.11. The molecule has 0 aliphatic heterocycles. The van der Waals surface area contributed by atoms with Gasteiger partial charge in [-0.15, -0.1) is 0 Å². The van der Waals surface area contributed by atoms with Crippen molar-refractivity contribution in [3.05, 3.63) is 34.9 Å². The number of hydrogen-bond donors (Lipinski definition) is 2. The zero-order chi connectivity index (χ0) is 10.1. The highest BCUT2D eigenvalue weighted by atomic mass is 32.2. The van der Waals surface area contributed by atoms with E-state index >= 15 is 0 Å². The molecule has 1 aliphatic rings. The molecule has 0 heterocycles. The topological polar surface area (TPSA) is 46.2 Å². The Morgan fingerprint density at radius 1 is 1.43 bits per heavy atom. The molecule has 0 saturated carbocycles. The van der Waals surface area contributed by atoms with Crippen LogP contribution in [0.2, 0.25) is 0 Å². The number of hydrogen-bond acceptors (Lipinski definition) is 2. The second kappa shape index (κ2) is 3.71. The normalized spacial score (nSPS) is 20.0. The van der Waals surface area contributed by atoms with Crippen LogP contribution in [0.25, 0.3) is 0 Å². The molecule has 0 saturated heterocycles. The Hall–Kier alpha value is -0.870. The Morgan fingerprint density at radius 2 is 2.21 bits per heavy atom. The van der Waals surface area contributed by atoms with Crippen LogP contribution in [0.4, 0.5) is 0 Å². The molecule has 0 spiro atoms. The molecule has 0 fully saturated rings. The molecule has 0 aromatic heterocycles. The van der Waals surface area contributed by atoms with Gasteiger partial charge in [-0.1, -0.05) is 18.2 Å². The van der Waals surface area contributed by atoms with Crippen molar-refractivity contribution < 1.29 is 8.42 Å². The molecule has 1 atom stereocenters. The minimum absolute atomic E-state index is 0.00712. The number of benzene rings is 1. The van der Waals surface area contributed by atoms with Gasteiger partial charge in [-0.2, -0.15) is 0 Å². The van der Waals surface area contributed by atoms with Crippen molar-refractivity contribution in [2.75, 3.05) is 0 Å². The van der Waals surface area contributed by atoms with Crippen LogP contribution in [0, 0.1) is 6.92 Å². The minimum Gasteiger partial charge on any atom is -0.215 e. The molecule has 14 heavy (non-hydrogen) atoms. The zero-order valence-electron chi connectivity index (χ0n) is 7.99. The van der Waals surface area contributed by atoms with Crippen LogP contribution >= 0.6 is 0 Å². The summed E-state index contributed by atoms with van der Waals surface area (Å²) in [5, 5.41) is 0. The van der Waals surface area contributed by atoms with E-state index in [0.29, 0.717) is 0 Å². The second-order valence-electron chi connectivity index (χ2n) is 3.63. The summed E-state index contributed by atoms with van der Waals surface area (Å²) in [7, 11) is -2.50. The quantitative estimate of drug-likeness (QED) is 0.720. The van der Waals surface area contributed by atoms with Crippen molar-refractivity contribution in [2.24, 2.45) is 0 Å². The van der Waals surface area contributed by atoms with Gasteiger partial charge in [-0.05, 0) is 36.5 Å². The van der Waals surface area contributed by atoms with Gasteiger partial charge in [0, 0.05) is 6.04 Å². The summed E-state index contributed by atoms with van der Waals surface area (Å²) in [6.45, 7) is 2.02. The number of aryl methyl sites for hydroxylation is 2. The molecule has 1 unspecified atom stereocenters. The highest BCUT2D eigenvalue weighted by Gasteiger charge is 2.23. The first-order valence-corrected chi connectivity index (χ1v) is 5.85. The van der Waals surface area contributed by atoms with E-state index in [4.69, 9.17) is 0 Å². The lowest BCUT2D eigenvalue weighted by molar-refractivity contribution is 0.573. The maximum atomic E-state index is 10.6. The van der Waals surface area contributed by atoms with E-state index in [1.807, 2.05) is 19.1 Å². The van der Waals surface area contributed by atoms with Crippen LogP contribution in [-0.2, 0) is 17.3 Å². The highest BCUT2D eigenvalue weighted by Crippen LogP contribution is 2.33. The van der Waals surface area contributed by atoms with Crippen molar-refractivity contribution in [2.45, 2.75) is 25.8 Å². The average Bonchev–Trinajstić information content (AvgIpc) is 2.49. The van der Waals surface area contributed by atoms with E-state index in [0.717, 1.165) is 12.8 Å². The van der Waals surface area contributed by atoms with Crippen LogP contribution in [0.3, 0.4) is 0 Å².